The zero-order chi connectivity index (χ0) is 11.6. The van der Waals surface area contributed by atoms with E-state index in [9.17, 15) is 0 Å². The first-order valence-corrected chi connectivity index (χ1v) is 6.78. The Morgan fingerprint density at radius 2 is 1.88 bits per heavy atom. The highest BCUT2D eigenvalue weighted by molar-refractivity contribution is 7.11. The predicted octanol–water partition coefficient (Wildman–Crippen LogP) is 1.66. The van der Waals surface area contributed by atoms with Gasteiger partial charge in [0.1, 0.15) is 10.0 Å². The first-order valence-electron chi connectivity index (χ1n) is 5.96. The molecule has 0 radical (unpaired) electrons. The molecule has 0 spiro atoms. The number of hydrogen-bond acceptors (Lipinski definition) is 5. The van der Waals surface area contributed by atoms with Gasteiger partial charge in [0.25, 0.3) is 0 Å². The fraction of sp³-hybridized carbons (Fsp3) is 0.818. The number of nitrogens with one attached hydrogen (secondary N) is 1. The maximum absolute atomic E-state index is 5.42. The maximum Gasteiger partial charge on any atom is 0.119 e. The second-order valence-electron chi connectivity index (χ2n) is 3.56. The van der Waals surface area contributed by atoms with E-state index < -0.39 is 0 Å². The summed E-state index contributed by atoms with van der Waals surface area (Å²) < 4.78 is 5.42. The molecule has 0 amide bonds. The van der Waals surface area contributed by atoms with Crippen molar-refractivity contribution in [3.8, 4) is 0 Å². The molecule has 0 bridgehead atoms. The maximum atomic E-state index is 5.42. The Morgan fingerprint density at radius 3 is 2.56 bits per heavy atom. The van der Waals surface area contributed by atoms with Crippen LogP contribution in [0, 0.1) is 0 Å². The zero-order valence-electron chi connectivity index (χ0n) is 10.2. The van der Waals surface area contributed by atoms with Crippen LogP contribution in [-0.4, -0.2) is 36.5 Å². The lowest BCUT2D eigenvalue weighted by atomic mass is 10.4. The normalized spacial score (nSPS) is 10.9. The van der Waals surface area contributed by atoms with Crippen LogP contribution in [0.1, 0.15) is 30.3 Å². The smallest absolute Gasteiger partial charge is 0.119 e. The Kier molecular flexibility index (Phi) is 7.29. The predicted molar refractivity (Wildman–Crippen MR) is 67.0 cm³/mol. The van der Waals surface area contributed by atoms with Gasteiger partial charge in [-0.2, -0.15) is 0 Å². The molecular formula is C11H21N3OS. The van der Waals surface area contributed by atoms with Crippen LogP contribution >= 0.6 is 11.3 Å². The molecule has 0 aliphatic rings. The van der Waals surface area contributed by atoms with Gasteiger partial charge in [-0.1, -0.05) is 13.8 Å². The Hall–Kier alpha value is -0.520. The molecule has 5 heteroatoms. The Balaban J connectivity index is 2.17. The average molecular weight is 243 g/mol. The van der Waals surface area contributed by atoms with Gasteiger partial charge in [0.2, 0.25) is 0 Å². The van der Waals surface area contributed by atoms with Crippen molar-refractivity contribution >= 4 is 11.3 Å². The van der Waals surface area contributed by atoms with Crippen molar-refractivity contribution in [1.82, 2.24) is 15.5 Å². The molecular weight excluding hydrogens is 222 g/mol. The van der Waals surface area contributed by atoms with E-state index >= 15 is 0 Å². The summed E-state index contributed by atoms with van der Waals surface area (Å²) in [5.74, 6) is 0. The molecule has 0 saturated carbocycles. The van der Waals surface area contributed by atoms with E-state index in [2.05, 4.69) is 29.4 Å². The lowest BCUT2D eigenvalue weighted by molar-refractivity contribution is 0.138. The van der Waals surface area contributed by atoms with Crippen molar-refractivity contribution in [1.29, 1.82) is 0 Å². The third-order valence-electron chi connectivity index (χ3n) is 2.08. The van der Waals surface area contributed by atoms with Crippen molar-refractivity contribution in [2.75, 3.05) is 26.3 Å². The summed E-state index contributed by atoms with van der Waals surface area (Å²) in [4.78, 5) is 0. The first-order chi connectivity index (χ1) is 7.86. The van der Waals surface area contributed by atoms with E-state index in [0.29, 0.717) is 0 Å². The standard InChI is InChI=1S/C11H21N3OS/c1-3-8-15-9-6-11-14-13-10(16-11)5-7-12-4-2/h12H,3-9H2,1-2H3. The van der Waals surface area contributed by atoms with Gasteiger partial charge < -0.3 is 10.1 Å². The van der Waals surface area contributed by atoms with Gasteiger partial charge in [-0.05, 0) is 13.0 Å². The molecule has 1 rings (SSSR count). The van der Waals surface area contributed by atoms with Gasteiger partial charge in [-0.15, -0.1) is 21.5 Å². The monoisotopic (exact) mass is 243 g/mol. The topological polar surface area (TPSA) is 47.0 Å². The molecule has 0 atom stereocenters. The van der Waals surface area contributed by atoms with Crippen LogP contribution in [0.3, 0.4) is 0 Å². The van der Waals surface area contributed by atoms with Crippen LogP contribution in [0.4, 0.5) is 0 Å². The van der Waals surface area contributed by atoms with Gasteiger partial charge in [0.15, 0.2) is 0 Å². The third-order valence-corrected chi connectivity index (χ3v) is 3.13. The molecule has 16 heavy (non-hydrogen) atoms. The lowest BCUT2D eigenvalue weighted by Crippen LogP contribution is -2.15. The number of rotatable bonds is 9. The molecule has 0 unspecified atom stereocenters. The minimum absolute atomic E-state index is 0.760. The van der Waals surface area contributed by atoms with Crippen molar-refractivity contribution in [2.24, 2.45) is 0 Å². The molecule has 1 aromatic rings. The second kappa shape index (κ2) is 8.61. The summed E-state index contributed by atoms with van der Waals surface area (Å²) in [7, 11) is 0. The van der Waals surface area contributed by atoms with Crippen LogP contribution in [-0.2, 0) is 17.6 Å². The minimum Gasteiger partial charge on any atom is -0.381 e. The SMILES string of the molecule is CCCOCCc1nnc(CCNCC)s1. The number of ether oxygens (including phenoxy) is 1. The number of hydrogen-bond donors (Lipinski definition) is 1. The highest BCUT2D eigenvalue weighted by atomic mass is 32.1. The van der Waals surface area contributed by atoms with Crippen LogP contribution < -0.4 is 5.32 Å². The second-order valence-corrected chi connectivity index (χ2v) is 4.70. The highest BCUT2D eigenvalue weighted by Gasteiger charge is 2.03. The third kappa shape index (κ3) is 5.53. The first kappa shape index (κ1) is 13.5. The average Bonchev–Trinajstić information content (AvgIpc) is 2.73. The van der Waals surface area contributed by atoms with Crippen molar-refractivity contribution in [3.63, 3.8) is 0 Å². The Morgan fingerprint density at radius 1 is 1.12 bits per heavy atom. The molecule has 0 aromatic carbocycles. The van der Waals surface area contributed by atoms with E-state index in [4.69, 9.17) is 4.74 Å². The summed E-state index contributed by atoms with van der Waals surface area (Å²) in [5.41, 5.74) is 0. The largest absolute Gasteiger partial charge is 0.381 e. The van der Waals surface area contributed by atoms with Crippen LogP contribution in [0.2, 0.25) is 0 Å². The number of likely N-dealkylation sites (N-methyl/N-ethyl adjacent to an activating group) is 1. The van der Waals surface area contributed by atoms with Crippen LogP contribution in [0.15, 0.2) is 0 Å². The van der Waals surface area contributed by atoms with Gasteiger partial charge in [-0.3, -0.25) is 0 Å². The molecule has 4 nitrogen and oxygen atoms in total. The summed E-state index contributed by atoms with van der Waals surface area (Å²) in [6, 6.07) is 0. The van der Waals surface area contributed by atoms with Gasteiger partial charge in [0, 0.05) is 26.0 Å². The number of aromatic nitrogens is 2. The minimum atomic E-state index is 0.760. The molecule has 0 aliphatic carbocycles. The summed E-state index contributed by atoms with van der Waals surface area (Å²) in [6.07, 6.45) is 2.93. The molecule has 0 saturated heterocycles. The van der Waals surface area contributed by atoms with E-state index in [0.717, 1.165) is 55.6 Å². The zero-order valence-corrected chi connectivity index (χ0v) is 11.0. The van der Waals surface area contributed by atoms with E-state index in [1.165, 1.54) is 0 Å². The fourth-order valence-electron chi connectivity index (χ4n) is 1.27. The van der Waals surface area contributed by atoms with Crippen LogP contribution in [0.5, 0.6) is 0 Å². The Labute approximate surface area is 101 Å². The number of nitrogens with zero attached hydrogens (tertiary/aromatic N) is 2. The molecule has 0 aliphatic heterocycles. The summed E-state index contributed by atoms with van der Waals surface area (Å²) in [6.45, 7) is 7.82. The van der Waals surface area contributed by atoms with Gasteiger partial charge in [0.05, 0.1) is 6.61 Å². The van der Waals surface area contributed by atoms with E-state index in [1.807, 2.05) is 0 Å². The van der Waals surface area contributed by atoms with Crippen molar-refractivity contribution < 1.29 is 4.74 Å². The van der Waals surface area contributed by atoms with Gasteiger partial charge >= 0.3 is 0 Å². The Bertz CT molecular complexity index is 278. The van der Waals surface area contributed by atoms with Crippen molar-refractivity contribution in [3.05, 3.63) is 10.0 Å². The van der Waals surface area contributed by atoms with E-state index in [1.54, 1.807) is 11.3 Å². The molecule has 1 aromatic heterocycles. The van der Waals surface area contributed by atoms with Crippen LogP contribution in [0.25, 0.3) is 0 Å². The molecule has 1 N–H and O–H groups in total. The summed E-state index contributed by atoms with van der Waals surface area (Å²) in [5, 5.41) is 13.8. The van der Waals surface area contributed by atoms with Crippen molar-refractivity contribution in [2.45, 2.75) is 33.1 Å². The molecule has 0 fully saturated rings. The van der Waals surface area contributed by atoms with Gasteiger partial charge in [-0.25, -0.2) is 0 Å². The molecule has 1 heterocycles. The quantitative estimate of drug-likeness (QED) is 0.670. The summed E-state index contributed by atoms with van der Waals surface area (Å²) >= 11 is 1.70. The molecule has 92 valence electrons. The lowest BCUT2D eigenvalue weighted by Gasteiger charge is -1.98. The highest BCUT2D eigenvalue weighted by Crippen LogP contribution is 2.10. The fourth-order valence-corrected chi connectivity index (χ4v) is 2.09. The van der Waals surface area contributed by atoms with E-state index in [-0.39, 0.29) is 0 Å².